The van der Waals surface area contributed by atoms with E-state index in [0.717, 1.165) is 12.0 Å². The van der Waals surface area contributed by atoms with Crippen LogP contribution in [0.4, 0.5) is 4.39 Å². The number of ether oxygens (including phenoxy) is 1. The highest BCUT2D eigenvalue weighted by Gasteiger charge is 2.02. The second kappa shape index (κ2) is 5.98. The Labute approximate surface area is 114 Å². The Balaban J connectivity index is 2.20. The van der Waals surface area contributed by atoms with E-state index in [2.05, 4.69) is 15.9 Å². The molecule has 0 aromatic heterocycles. The number of hydrogen-bond acceptors (Lipinski definition) is 2. The predicted molar refractivity (Wildman–Crippen MR) is 73.4 cm³/mol. The summed E-state index contributed by atoms with van der Waals surface area (Å²) in [6, 6.07) is 12.1. The second-order valence-electron chi connectivity index (χ2n) is 3.89. The van der Waals surface area contributed by atoms with Gasteiger partial charge in [0.2, 0.25) is 0 Å². The van der Waals surface area contributed by atoms with Gasteiger partial charge in [0, 0.05) is 10.5 Å². The van der Waals surface area contributed by atoms with Crippen molar-refractivity contribution < 1.29 is 9.13 Å². The molecule has 4 heteroatoms. The lowest BCUT2D eigenvalue weighted by atomic mass is 10.1. The van der Waals surface area contributed by atoms with E-state index in [1.165, 1.54) is 12.1 Å². The third-order valence-electron chi connectivity index (χ3n) is 2.40. The molecule has 0 fully saturated rings. The topological polar surface area (TPSA) is 35.2 Å². The average molecular weight is 310 g/mol. The van der Waals surface area contributed by atoms with Crippen LogP contribution in [0.1, 0.15) is 5.56 Å². The largest absolute Gasteiger partial charge is 0.457 e. The Morgan fingerprint density at radius 3 is 2.67 bits per heavy atom. The first-order chi connectivity index (χ1) is 8.67. The number of halogens is 2. The molecule has 2 N–H and O–H groups in total. The molecule has 0 saturated heterocycles. The monoisotopic (exact) mass is 309 g/mol. The Hall–Kier alpha value is -1.39. The zero-order valence-electron chi connectivity index (χ0n) is 9.70. The van der Waals surface area contributed by atoms with E-state index < -0.39 is 0 Å². The quantitative estimate of drug-likeness (QED) is 0.930. The van der Waals surface area contributed by atoms with E-state index in [-0.39, 0.29) is 5.82 Å². The molecule has 0 atom stereocenters. The zero-order valence-corrected chi connectivity index (χ0v) is 11.3. The van der Waals surface area contributed by atoms with Gasteiger partial charge in [-0.25, -0.2) is 4.39 Å². The number of hydrogen-bond donors (Lipinski definition) is 1. The van der Waals surface area contributed by atoms with Crippen LogP contribution in [0.2, 0.25) is 0 Å². The van der Waals surface area contributed by atoms with E-state index in [0.29, 0.717) is 22.5 Å². The predicted octanol–water partition coefficient (Wildman–Crippen LogP) is 3.88. The molecule has 18 heavy (non-hydrogen) atoms. The fourth-order valence-corrected chi connectivity index (χ4v) is 2.10. The van der Waals surface area contributed by atoms with Crippen molar-refractivity contribution in [1.29, 1.82) is 0 Å². The van der Waals surface area contributed by atoms with Crippen LogP contribution in [0.5, 0.6) is 11.5 Å². The van der Waals surface area contributed by atoms with Gasteiger partial charge in [0.15, 0.2) is 0 Å². The first-order valence-electron chi connectivity index (χ1n) is 5.60. The highest BCUT2D eigenvalue weighted by molar-refractivity contribution is 9.10. The Bertz CT molecular complexity index is 525. The molecule has 0 heterocycles. The van der Waals surface area contributed by atoms with Gasteiger partial charge in [0.1, 0.15) is 17.3 Å². The van der Waals surface area contributed by atoms with Crippen molar-refractivity contribution in [2.24, 2.45) is 5.73 Å². The van der Waals surface area contributed by atoms with Crippen LogP contribution in [0.3, 0.4) is 0 Å². The summed E-state index contributed by atoms with van der Waals surface area (Å²) >= 11 is 3.23. The van der Waals surface area contributed by atoms with Gasteiger partial charge in [-0.05, 0) is 42.8 Å². The summed E-state index contributed by atoms with van der Waals surface area (Å²) in [6.07, 6.45) is 0.796. The molecule has 0 saturated carbocycles. The van der Waals surface area contributed by atoms with Crippen molar-refractivity contribution in [3.8, 4) is 11.5 Å². The second-order valence-corrected chi connectivity index (χ2v) is 4.81. The number of rotatable bonds is 4. The van der Waals surface area contributed by atoms with Crippen molar-refractivity contribution in [2.75, 3.05) is 6.54 Å². The van der Waals surface area contributed by atoms with Crippen LogP contribution < -0.4 is 10.5 Å². The average Bonchev–Trinajstić information content (AvgIpc) is 2.28. The molecule has 0 bridgehead atoms. The number of benzene rings is 2. The molecule has 2 aromatic rings. The summed E-state index contributed by atoms with van der Waals surface area (Å²) in [5.74, 6) is 0.808. The summed E-state index contributed by atoms with van der Waals surface area (Å²) in [4.78, 5) is 0. The summed E-state index contributed by atoms with van der Waals surface area (Å²) in [5, 5.41) is 0. The Morgan fingerprint density at radius 2 is 1.94 bits per heavy atom. The van der Waals surface area contributed by atoms with Gasteiger partial charge < -0.3 is 10.5 Å². The molecule has 0 aliphatic carbocycles. The Kier molecular flexibility index (Phi) is 4.33. The summed E-state index contributed by atoms with van der Waals surface area (Å²) in [7, 11) is 0. The van der Waals surface area contributed by atoms with E-state index in [9.17, 15) is 4.39 Å². The Morgan fingerprint density at radius 1 is 1.11 bits per heavy atom. The molecule has 0 unspecified atom stereocenters. The van der Waals surface area contributed by atoms with Gasteiger partial charge in [0.25, 0.3) is 0 Å². The lowest BCUT2D eigenvalue weighted by Gasteiger charge is -2.08. The normalized spacial score (nSPS) is 10.4. The highest BCUT2D eigenvalue weighted by Crippen LogP contribution is 2.26. The summed E-state index contributed by atoms with van der Waals surface area (Å²) in [5.41, 5.74) is 6.61. The van der Waals surface area contributed by atoms with Gasteiger partial charge in [0.05, 0.1) is 0 Å². The fourth-order valence-electron chi connectivity index (χ4n) is 1.65. The van der Waals surface area contributed by atoms with Crippen LogP contribution in [0.15, 0.2) is 46.9 Å². The van der Waals surface area contributed by atoms with E-state index in [1.807, 2.05) is 24.3 Å². The van der Waals surface area contributed by atoms with Crippen molar-refractivity contribution in [2.45, 2.75) is 6.42 Å². The first kappa shape index (κ1) is 13.1. The van der Waals surface area contributed by atoms with Crippen molar-refractivity contribution in [3.05, 3.63) is 58.3 Å². The maximum absolute atomic E-state index is 13.2. The van der Waals surface area contributed by atoms with E-state index in [1.54, 1.807) is 6.07 Å². The summed E-state index contributed by atoms with van der Waals surface area (Å²) < 4.78 is 19.5. The van der Waals surface area contributed by atoms with Crippen LogP contribution in [0.25, 0.3) is 0 Å². The van der Waals surface area contributed by atoms with Gasteiger partial charge in [-0.1, -0.05) is 28.1 Å². The van der Waals surface area contributed by atoms with Crippen molar-refractivity contribution >= 4 is 15.9 Å². The molecule has 0 spiro atoms. The van der Waals surface area contributed by atoms with E-state index in [4.69, 9.17) is 10.5 Å². The zero-order chi connectivity index (χ0) is 13.0. The van der Waals surface area contributed by atoms with E-state index >= 15 is 0 Å². The van der Waals surface area contributed by atoms with Gasteiger partial charge >= 0.3 is 0 Å². The minimum Gasteiger partial charge on any atom is -0.457 e. The van der Waals surface area contributed by atoms with Crippen LogP contribution in [-0.2, 0) is 6.42 Å². The molecule has 0 aliphatic rings. The fraction of sp³-hybridized carbons (Fsp3) is 0.143. The lowest BCUT2D eigenvalue weighted by Crippen LogP contribution is -2.02. The minimum atomic E-state index is -0.336. The maximum Gasteiger partial charge on any atom is 0.131 e. The lowest BCUT2D eigenvalue weighted by molar-refractivity contribution is 0.475. The molecule has 2 rings (SSSR count). The minimum absolute atomic E-state index is 0.336. The summed E-state index contributed by atoms with van der Waals surface area (Å²) in [6.45, 7) is 0.592. The van der Waals surface area contributed by atoms with Gasteiger partial charge in [-0.3, -0.25) is 0 Å². The molecule has 0 radical (unpaired) electrons. The standard InChI is InChI=1S/C14H13BrFNO/c15-11-7-12(16)9-14(8-11)18-13-3-1-2-10(6-13)4-5-17/h1-3,6-9H,4-5,17H2. The molecule has 2 aromatic carbocycles. The first-order valence-corrected chi connectivity index (χ1v) is 6.39. The molecular weight excluding hydrogens is 297 g/mol. The number of nitrogens with two attached hydrogens (primary N) is 1. The van der Waals surface area contributed by atoms with Gasteiger partial charge in [-0.15, -0.1) is 0 Å². The third kappa shape index (κ3) is 3.55. The molecule has 0 aliphatic heterocycles. The van der Waals surface area contributed by atoms with Crippen molar-refractivity contribution in [1.82, 2.24) is 0 Å². The van der Waals surface area contributed by atoms with Crippen LogP contribution in [-0.4, -0.2) is 6.54 Å². The SMILES string of the molecule is NCCc1cccc(Oc2cc(F)cc(Br)c2)c1. The van der Waals surface area contributed by atoms with Crippen molar-refractivity contribution in [3.63, 3.8) is 0 Å². The molecule has 2 nitrogen and oxygen atoms in total. The third-order valence-corrected chi connectivity index (χ3v) is 2.86. The smallest absolute Gasteiger partial charge is 0.131 e. The molecule has 94 valence electrons. The molecular formula is C14H13BrFNO. The highest BCUT2D eigenvalue weighted by atomic mass is 79.9. The van der Waals surface area contributed by atoms with Crippen LogP contribution >= 0.6 is 15.9 Å². The van der Waals surface area contributed by atoms with Gasteiger partial charge in [-0.2, -0.15) is 0 Å². The van der Waals surface area contributed by atoms with Crippen LogP contribution in [0, 0.1) is 5.82 Å². The maximum atomic E-state index is 13.2. The molecule has 0 amide bonds.